The van der Waals surface area contributed by atoms with Crippen molar-refractivity contribution in [2.24, 2.45) is 0 Å². The molecule has 23 heavy (non-hydrogen) atoms. The van der Waals surface area contributed by atoms with Crippen LogP contribution in [0.4, 0.5) is 0 Å². The van der Waals surface area contributed by atoms with Gasteiger partial charge in [0.2, 0.25) is 5.91 Å². The lowest BCUT2D eigenvalue weighted by Gasteiger charge is -2.15. The minimum Gasteiger partial charge on any atom is -0.496 e. The van der Waals surface area contributed by atoms with Gasteiger partial charge in [-0.1, -0.05) is 12.1 Å². The van der Waals surface area contributed by atoms with E-state index in [2.05, 4.69) is 32.6 Å². The smallest absolute Gasteiger partial charge is 0.233 e. The van der Waals surface area contributed by atoms with Gasteiger partial charge in [0.25, 0.3) is 0 Å². The van der Waals surface area contributed by atoms with Gasteiger partial charge in [-0.05, 0) is 58.4 Å². The van der Waals surface area contributed by atoms with Crippen LogP contribution in [0.15, 0.2) is 40.2 Å². The molecule has 0 bridgehead atoms. The first-order valence-corrected chi connectivity index (χ1v) is 9.13. The maximum atomic E-state index is 11.9. The number of benzene rings is 1. The first-order chi connectivity index (χ1) is 11.1. The van der Waals surface area contributed by atoms with Gasteiger partial charge in [-0.15, -0.1) is 11.3 Å². The molecular formula is C17H21BrN2O2S. The predicted octanol–water partition coefficient (Wildman–Crippen LogP) is 3.53. The maximum absolute atomic E-state index is 11.9. The van der Waals surface area contributed by atoms with Gasteiger partial charge in [-0.2, -0.15) is 0 Å². The fourth-order valence-electron chi connectivity index (χ4n) is 2.16. The minimum absolute atomic E-state index is 0.0148. The van der Waals surface area contributed by atoms with Crippen molar-refractivity contribution in [1.29, 1.82) is 0 Å². The van der Waals surface area contributed by atoms with Gasteiger partial charge in [-0.25, -0.2) is 0 Å². The Bertz CT molecular complexity index is 632. The topological polar surface area (TPSA) is 50.4 Å². The molecule has 0 aliphatic rings. The highest BCUT2D eigenvalue weighted by atomic mass is 79.9. The summed E-state index contributed by atoms with van der Waals surface area (Å²) in [6.07, 6.45) is 0.879. The average Bonchev–Trinajstić information content (AvgIpc) is 3.06. The standard InChI is InChI=1S/C17H21BrN2O2S/c1-12(13-5-6-16(22-2)15(18)10-13)20-11-17(21)19-8-7-14-4-3-9-23-14/h3-6,9-10,12,20H,7-8,11H2,1-2H3,(H,19,21)/t12-/m1/s1. The number of carbonyl (C=O) groups is 1. The Morgan fingerprint density at radius 1 is 1.39 bits per heavy atom. The molecule has 1 heterocycles. The molecular weight excluding hydrogens is 376 g/mol. The number of hydrogen-bond donors (Lipinski definition) is 2. The molecule has 2 N–H and O–H groups in total. The van der Waals surface area contributed by atoms with Crippen LogP contribution < -0.4 is 15.4 Å². The molecule has 4 nitrogen and oxygen atoms in total. The Morgan fingerprint density at radius 2 is 2.22 bits per heavy atom. The van der Waals surface area contributed by atoms with E-state index in [-0.39, 0.29) is 11.9 Å². The third-order valence-corrected chi connectivity index (χ3v) is 5.07. The van der Waals surface area contributed by atoms with E-state index in [0.717, 1.165) is 22.2 Å². The Kier molecular flexibility index (Phi) is 7.08. The number of ether oxygens (including phenoxy) is 1. The van der Waals surface area contributed by atoms with Crippen molar-refractivity contribution >= 4 is 33.2 Å². The van der Waals surface area contributed by atoms with E-state index in [1.165, 1.54) is 4.88 Å². The van der Waals surface area contributed by atoms with Crippen LogP contribution in [0.2, 0.25) is 0 Å². The van der Waals surface area contributed by atoms with Crippen molar-refractivity contribution < 1.29 is 9.53 Å². The molecule has 0 spiro atoms. The lowest BCUT2D eigenvalue weighted by molar-refractivity contribution is -0.120. The zero-order chi connectivity index (χ0) is 16.7. The molecule has 0 saturated heterocycles. The van der Waals surface area contributed by atoms with Crippen LogP contribution in [0.3, 0.4) is 0 Å². The summed E-state index contributed by atoms with van der Waals surface area (Å²) >= 11 is 5.19. The largest absolute Gasteiger partial charge is 0.496 e. The second-order valence-corrected chi connectivity index (χ2v) is 7.06. The fraction of sp³-hybridized carbons (Fsp3) is 0.353. The molecule has 0 saturated carbocycles. The monoisotopic (exact) mass is 396 g/mol. The number of rotatable bonds is 8. The molecule has 1 aromatic heterocycles. The third kappa shape index (κ3) is 5.64. The molecule has 0 aliphatic heterocycles. The summed E-state index contributed by atoms with van der Waals surface area (Å²) in [5.74, 6) is 0.813. The van der Waals surface area contributed by atoms with Crippen molar-refractivity contribution in [3.63, 3.8) is 0 Å². The summed E-state index contributed by atoms with van der Waals surface area (Å²) < 4.78 is 6.13. The second kappa shape index (κ2) is 9.05. The van der Waals surface area contributed by atoms with E-state index in [1.54, 1.807) is 18.4 Å². The van der Waals surface area contributed by atoms with Crippen LogP contribution in [0.1, 0.15) is 23.4 Å². The molecule has 1 amide bonds. The zero-order valence-corrected chi connectivity index (χ0v) is 15.7. The number of thiophene rings is 1. The van der Waals surface area contributed by atoms with Crippen LogP contribution >= 0.6 is 27.3 Å². The SMILES string of the molecule is COc1ccc([C@@H](C)NCC(=O)NCCc2cccs2)cc1Br. The van der Waals surface area contributed by atoms with E-state index in [9.17, 15) is 4.79 Å². The normalized spacial score (nSPS) is 12.0. The number of methoxy groups -OCH3 is 1. The van der Waals surface area contributed by atoms with E-state index >= 15 is 0 Å². The first-order valence-electron chi connectivity index (χ1n) is 7.46. The predicted molar refractivity (Wildman–Crippen MR) is 98.1 cm³/mol. The Labute approximate surface area is 149 Å². The van der Waals surface area contributed by atoms with Crippen LogP contribution in [0.5, 0.6) is 5.75 Å². The molecule has 1 atom stereocenters. The van der Waals surface area contributed by atoms with Gasteiger partial charge in [0, 0.05) is 17.5 Å². The first kappa shape index (κ1) is 18.0. The molecule has 0 radical (unpaired) electrons. The highest BCUT2D eigenvalue weighted by Crippen LogP contribution is 2.27. The van der Waals surface area contributed by atoms with Crippen molar-refractivity contribution in [1.82, 2.24) is 10.6 Å². The van der Waals surface area contributed by atoms with E-state index in [4.69, 9.17) is 4.74 Å². The van der Waals surface area contributed by atoms with Crippen LogP contribution in [0.25, 0.3) is 0 Å². The Hall–Kier alpha value is -1.37. The summed E-state index contributed by atoms with van der Waals surface area (Å²) in [4.78, 5) is 13.2. The summed E-state index contributed by atoms with van der Waals surface area (Å²) in [7, 11) is 1.64. The average molecular weight is 397 g/mol. The number of halogens is 1. The lowest BCUT2D eigenvalue weighted by Crippen LogP contribution is -2.35. The minimum atomic E-state index is 0.0148. The van der Waals surface area contributed by atoms with Crippen LogP contribution in [0, 0.1) is 0 Å². The van der Waals surface area contributed by atoms with Crippen molar-refractivity contribution in [3.8, 4) is 5.75 Å². The molecule has 2 rings (SSSR count). The zero-order valence-electron chi connectivity index (χ0n) is 13.3. The molecule has 0 unspecified atom stereocenters. The van der Waals surface area contributed by atoms with Gasteiger partial charge >= 0.3 is 0 Å². The highest BCUT2D eigenvalue weighted by Gasteiger charge is 2.10. The summed E-state index contributed by atoms with van der Waals surface area (Å²) in [5.41, 5.74) is 1.10. The molecule has 124 valence electrons. The quantitative estimate of drug-likeness (QED) is 0.717. The summed E-state index contributed by atoms with van der Waals surface area (Å²) in [6, 6.07) is 10.1. The van der Waals surface area contributed by atoms with Gasteiger partial charge in [0.05, 0.1) is 18.1 Å². The molecule has 1 aromatic carbocycles. The van der Waals surface area contributed by atoms with E-state index in [0.29, 0.717) is 13.1 Å². The number of amides is 1. The number of nitrogens with one attached hydrogen (secondary N) is 2. The Balaban J connectivity index is 1.73. The van der Waals surface area contributed by atoms with Crippen molar-refractivity contribution in [2.45, 2.75) is 19.4 Å². The highest BCUT2D eigenvalue weighted by molar-refractivity contribution is 9.10. The summed E-state index contributed by atoms with van der Waals surface area (Å²) in [5, 5.41) is 8.22. The van der Waals surface area contributed by atoms with Gasteiger partial charge in [0.15, 0.2) is 0 Å². The van der Waals surface area contributed by atoms with Gasteiger partial charge in [0.1, 0.15) is 5.75 Å². The van der Waals surface area contributed by atoms with Gasteiger partial charge < -0.3 is 15.4 Å². The molecule has 0 fully saturated rings. The van der Waals surface area contributed by atoms with E-state index < -0.39 is 0 Å². The second-order valence-electron chi connectivity index (χ2n) is 5.18. The fourth-order valence-corrected chi connectivity index (χ4v) is 3.43. The molecule has 6 heteroatoms. The van der Waals surface area contributed by atoms with E-state index in [1.807, 2.05) is 36.6 Å². The van der Waals surface area contributed by atoms with Crippen molar-refractivity contribution in [3.05, 3.63) is 50.6 Å². The van der Waals surface area contributed by atoms with Crippen molar-refractivity contribution in [2.75, 3.05) is 20.2 Å². The third-order valence-electron chi connectivity index (χ3n) is 3.52. The molecule has 2 aromatic rings. The Morgan fingerprint density at radius 3 is 2.87 bits per heavy atom. The summed E-state index contributed by atoms with van der Waals surface area (Å²) in [6.45, 7) is 3.01. The molecule has 0 aliphatic carbocycles. The lowest BCUT2D eigenvalue weighted by atomic mass is 10.1. The number of carbonyl (C=O) groups excluding carboxylic acids is 1. The number of hydrogen-bond acceptors (Lipinski definition) is 4. The van der Waals surface area contributed by atoms with Crippen LogP contribution in [-0.4, -0.2) is 26.1 Å². The van der Waals surface area contributed by atoms with Gasteiger partial charge in [-0.3, -0.25) is 4.79 Å². The maximum Gasteiger partial charge on any atom is 0.233 e. The van der Waals surface area contributed by atoms with Crippen LogP contribution in [-0.2, 0) is 11.2 Å².